The van der Waals surface area contributed by atoms with Gasteiger partial charge in [-0.05, 0) is 33.7 Å². The van der Waals surface area contributed by atoms with E-state index >= 15 is 0 Å². The average Bonchev–Trinajstić information content (AvgIpc) is 3.18. The fourth-order valence-corrected chi connectivity index (χ4v) is 3.40. The van der Waals surface area contributed by atoms with Crippen LogP contribution < -0.4 is 5.32 Å². The van der Waals surface area contributed by atoms with Crippen LogP contribution in [0, 0.1) is 5.92 Å². The first kappa shape index (κ1) is 18.1. The third-order valence-corrected chi connectivity index (χ3v) is 5.07. The Morgan fingerprint density at radius 2 is 1.81 bits per heavy atom. The predicted molar refractivity (Wildman–Crippen MR) is 104 cm³/mol. The fourth-order valence-electron chi connectivity index (χ4n) is 2.77. The van der Waals surface area contributed by atoms with Gasteiger partial charge in [0, 0.05) is 0 Å². The van der Waals surface area contributed by atoms with E-state index in [1.54, 1.807) is 6.07 Å². The lowest BCUT2D eigenvalue weighted by molar-refractivity contribution is -0.148. The molecule has 0 aliphatic carbocycles. The Morgan fingerprint density at radius 1 is 1.04 bits per heavy atom. The molecule has 134 valence electrons. The molecule has 5 heteroatoms. The van der Waals surface area contributed by atoms with Crippen LogP contribution in [0.2, 0.25) is 0 Å². The molecule has 0 saturated carbocycles. The van der Waals surface area contributed by atoms with Crippen LogP contribution in [0.4, 0.5) is 0 Å². The summed E-state index contributed by atoms with van der Waals surface area (Å²) in [5, 5.41) is 6.79. The van der Waals surface area contributed by atoms with Gasteiger partial charge in [0.25, 0.3) is 5.91 Å². The molecule has 0 bridgehead atoms. The van der Waals surface area contributed by atoms with E-state index in [4.69, 9.17) is 4.74 Å². The van der Waals surface area contributed by atoms with Gasteiger partial charge in [0.2, 0.25) is 0 Å². The van der Waals surface area contributed by atoms with Crippen molar-refractivity contribution in [2.45, 2.75) is 26.5 Å². The molecule has 0 radical (unpaired) electrons. The molecule has 1 N–H and O–H groups in total. The highest BCUT2D eigenvalue weighted by Gasteiger charge is 2.26. The van der Waals surface area contributed by atoms with Gasteiger partial charge < -0.3 is 10.1 Å². The number of carbonyl (C=O) groups is 2. The van der Waals surface area contributed by atoms with Crippen LogP contribution in [0.1, 0.15) is 29.1 Å². The van der Waals surface area contributed by atoms with Crippen LogP contribution in [0.15, 0.2) is 60.0 Å². The topological polar surface area (TPSA) is 55.4 Å². The fraction of sp³-hybridized carbons (Fsp3) is 0.238. The first-order chi connectivity index (χ1) is 12.6. The molecule has 0 spiro atoms. The summed E-state index contributed by atoms with van der Waals surface area (Å²) in [5.41, 5.74) is 0.948. The highest BCUT2D eigenvalue weighted by molar-refractivity contribution is 7.12. The van der Waals surface area contributed by atoms with Crippen LogP contribution in [0.3, 0.4) is 0 Å². The first-order valence-electron chi connectivity index (χ1n) is 8.54. The smallest absolute Gasteiger partial charge is 0.329 e. The van der Waals surface area contributed by atoms with Gasteiger partial charge in [-0.1, -0.05) is 62.4 Å². The number of esters is 1. The van der Waals surface area contributed by atoms with Gasteiger partial charge in [-0.25, -0.2) is 4.79 Å². The highest BCUT2D eigenvalue weighted by Crippen LogP contribution is 2.20. The number of ether oxygens (including phenoxy) is 1. The Morgan fingerprint density at radius 3 is 2.54 bits per heavy atom. The number of rotatable bonds is 6. The molecule has 26 heavy (non-hydrogen) atoms. The Hall–Kier alpha value is -2.66. The van der Waals surface area contributed by atoms with Gasteiger partial charge in [0.05, 0.1) is 4.88 Å². The third-order valence-electron chi connectivity index (χ3n) is 4.20. The number of hydrogen-bond donors (Lipinski definition) is 1. The molecule has 3 rings (SSSR count). The number of benzene rings is 2. The maximum Gasteiger partial charge on any atom is 0.329 e. The van der Waals surface area contributed by atoms with Crippen molar-refractivity contribution in [3.05, 3.63) is 70.4 Å². The number of hydrogen-bond acceptors (Lipinski definition) is 4. The Labute approximate surface area is 156 Å². The zero-order valence-corrected chi connectivity index (χ0v) is 15.6. The summed E-state index contributed by atoms with van der Waals surface area (Å²) < 4.78 is 5.53. The second kappa shape index (κ2) is 8.15. The second-order valence-corrected chi connectivity index (χ2v) is 7.37. The molecule has 0 unspecified atom stereocenters. The first-order valence-corrected chi connectivity index (χ1v) is 9.42. The van der Waals surface area contributed by atoms with Crippen molar-refractivity contribution in [2.75, 3.05) is 0 Å². The maximum atomic E-state index is 12.6. The summed E-state index contributed by atoms with van der Waals surface area (Å²) in [7, 11) is 0. The number of carbonyl (C=O) groups excluding carboxylic acids is 2. The van der Waals surface area contributed by atoms with Crippen molar-refractivity contribution in [1.29, 1.82) is 0 Å². The molecule has 0 aliphatic heterocycles. The number of fused-ring (bicyclic) bond motifs is 1. The average molecular weight is 367 g/mol. The minimum atomic E-state index is -0.681. The molecule has 3 aromatic rings. The SMILES string of the molecule is CC(C)[C@@H](NC(=O)c1cccs1)C(=O)OCc1cccc2ccccc12. The van der Waals surface area contributed by atoms with E-state index in [0.29, 0.717) is 4.88 Å². The van der Waals surface area contributed by atoms with Crippen LogP contribution in [-0.4, -0.2) is 17.9 Å². The molecule has 0 fully saturated rings. The molecule has 1 amide bonds. The normalized spacial score (nSPS) is 12.1. The second-order valence-electron chi connectivity index (χ2n) is 6.42. The molecule has 0 saturated heterocycles. The van der Waals surface area contributed by atoms with Crippen molar-refractivity contribution < 1.29 is 14.3 Å². The number of amides is 1. The summed E-state index contributed by atoms with van der Waals surface area (Å²) in [6, 6.07) is 16.8. The van der Waals surface area contributed by atoms with Gasteiger partial charge in [0.1, 0.15) is 12.6 Å². The summed E-state index contributed by atoms with van der Waals surface area (Å²) in [5.74, 6) is -0.738. The maximum absolute atomic E-state index is 12.6. The number of nitrogens with one attached hydrogen (secondary N) is 1. The standard InChI is InChI=1S/C21H21NO3S/c1-14(2)19(22-20(23)18-11-6-12-26-18)21(24)25-13-16-9-5-8-15-7-3-4-10-17(15)16/h3-12,14,19H,13H2,1-2H3,(H,22,23)/t19-/m1/s1. The van der Waals surface area contributed by atoms with Crippen molar-refractivity contribution >= 4 is 34.0 Å². The molecule has 1 aromatic heterocycles. The molecular weight excluding hydrogens is 346 g/mol. The monoisotopic (exact) mass is 367 g/mol. The van der Waals surface area contributed by atoms with Crippen LogP contribution in [0.5, 0.6) is 0 Å². The van der Waals surface area contributed by atoms with Gasteiger partial charge in [0.15, 0.2) is 0 Å². The summed E-state index contributed by atoms with van der Waals surface area (Å²) >= 11 is 1.34. The van der Waals surface area contributed by atoms with Crippen LogP contribution in [-0.2, 0) is 16.1 Å². The van der Waals surface area contributed by atoms with Crippen molar-refractivity contribution in [1.82, 2.24) is 5.32 Å². The molecule has 2 aromatic carbocycles. The zero-order valence-electron chi connectivity index (χ0n) is 14.8. The van der Waals surface area contributed by atoms with E-state index in [2.05, 4.69) is 5.32 Å². The third kappa shape index (κ3) is 4.11. The molecular formula is C21H21NO3S. The lowest BCUT2D eigenvalue weighted by atomic mass is 10.0. The van der Waals surface area contributed by atoms with E-state index in [0.717, 1.165) is 16.3 Å². The Bertz CT molecular complexity index is 897. The largest absolute Gasteiger partial charge is 0.459 e. The lowest BCUT2D eigenvalue weighted by Gasteiger charge is -2.20. The van der Waals surface area contributed by atoms with E-state index in [9.17, 15) is 9.59 Å². The Kier molecular flexibility index (Phi) is 5.68. The van der Waals surface area contributed by atoms with Crippen LogP contribution >= 0.6 is 11.3 Å². The quantitative estimate of drug-likeness (QED) is 0.657. The van der Waals surface area contributed by atoms with E-state index < -0.39 is 12.0 Å². The minimum Gasteiger partial charge on any atom is -0.459 e. The highest BCUT2D eigenvalue weighted by atomic mass is 32.1. The van der Waals surface area contributed by atoms with Crippen molar-refractivity contribution in [3.63, 3.8) is 0 Å². The molecule has 0 aliphatic rings. The van der Waals surface area contributed by atoms with Gasteiger partial charge >= 0.3 is 5.97 Å². The molecule has 1 heterocycles. The van der Waals surface area contributed by atoms with Gasteiger partial charge in [-0.2, -0.15) is 0 Å². The van der Waals surface area contributed by atoms with Crippen LogP contribution in [0.25, 0.3) is 10.8 Å². The van der Waals surface area contributed by atoms with Gasteiger partial charge in [-0.3, -0.25) is 4.79 Å². The lowest BCUT2D eigenvalue weighted by Crippen LogP contribution is -2.45. The van der Waals surface area contributed by atoms with Gasteiger partial charge in [-0.15, -0.1) is 11.3 Å². The molecule has 4 nitrogen and oxygen atoms in total. The number of thiophene rings is 1. The summed E-state index contributed by atoms with van der Waals surface area (Å²) in [6.45, 7) is 3.95. The predicted octanol–water partition coefficient (Wildman–Crippen LogP) is 4.40. The summed E-state index contributed by atoms with van der Waals surface area (Å²) in [4.78, 5) is 25.4. The van der Waals surface area contributed by atoms with E-state index in [1.165, 1.54) is 11.3 Å². The Balaban J connectivity index is 1.69. The molecule has 1 atom stereocenters. The van der Waals surface area contributed by atoms with Crippen molar-refractivity contribution in [3.8, 4) is 0 Å². The minimum absolute atomic E-state index is 0.0704. The summed E-state index contributed by atoms with van der Waals surface area (Å²) in [6.07, 6.45) is 0. The van der Waals surface area contributed by atoms with Crippen molar-refractivity contribution in [2.24, 2.45) is 5.92 Å². The van der Waals surface area contributed by atoms with E-state index in [-0.39, 0.29) is 18.4 Å². The zero-order chi connectivity index (χ0) is 18.5. The van der Waals surface area contributed by atoms with E-state index in [1.807, 2.05) is 67.8 Å².